The summed E-state index contributed by atoms with van der Waals surface area (Å²) in [4.78, 5) is 7.72. The van der Waals surface area contributed by atoms with E-state index in [1.807, 2.05) is 12.3 Å². The van der Waals surface area contributed by atoms with Gasteiger partial charge in [0.1, 0.15) is 0 Å². The molecule has 0 radical (unpaired) electrons. The molecular formula is C16H17N3. The summed E-state index contributed by atoms with van der Waals surface area (Å²) in [6.07, 6.45) is 5.68. The maximum Gasteiger partial charge on any atom is 0.0512 e. The molecule has 0 bridgehead atoms. The molecule has 1 aromatic carbocycles. The van der Waals surface area contributed by atoms with Crippen LogP contribution in [0.4, 0.5) is 0 Å². The lowest BCUT2D eigenvalue weighted by molar-refractivity contribution is 0.838. The third-order valence-corrected chi connectivity index (χ3v) is 3.39. The summed E-state index contributed by atoms with van der Waals surface area (Å²) in [5, 5.41) is 1.29. The average Bonchev–Trinajstić information content (AvgIpc) is 2.85. The molecule has 3 heteroatoms. The minimum atomic E-state index is 0.714. The van der Waals surface area contributed by atoms with E-state index in [1.54, 1.807) is 6.20 Å². The van der Waals surface area contributed by atoms with Crippen LogP contribution in [0.1, 0.15) is 12.0 Å². The lowest BCUT2D eigenvalue weighted by Gasteiger charge is -2.04. The van der Waals surface area contributed by atoms with E-state index in [0.29, 0.717) is 6.54 Å². The van der Waals surface area contributed by atoms with Gasteiger partial charge in [-0.25, -0.2) is 0 Å². The van der Waals surface area contributed by atoms with E-state index in [4.69, 9.17) is 5.73 Å². The normalized spacial score (nSPS) is 11.0. The zero-order valence-electron chi connectivity index (χ0n) is 10.8. The van der Waals surface area contributed by atoms with Crippen molar-refractivity contribution >= 4 is 10.9 Å². The minimum Gasteiger partial charge on any atom is -0.354 e. The Labute approximate surface area is 112 Å². The van der Waals surface area contributed by atoms with E-state index in [2.05, 4.69) is 40.3 Å². The van der Waals surface area contributed by atoms with Crippen LogP contribution in [0.3, 0.4) is 0 Å². The molecule has 0 aliphatic rings. The van der Waals surface area contributed by atoms with Crippen molar-refractivity contribution in [2.24, 2.45) is 5.73 Å². The highest BCUT2D eigenvalue weighted by Crippen LogP contribution is 2.30. The Morgan fingerprint density at radius 1 is 1.11 bits per heavy atom. The van der Waals surface area contributed by atoms with Crippen molar-refractivity contribution in [2.75, 3.05) is 6.54 Å². The number of rotatable bonds is 4. The SMILES string of the molecule is NCCCc1c(-c2cccnc2)[nH]c2ccccc12. The number of hydrogen-bond acceptors (Lipinski definition) is 2. The van der Waals surface area contributed by atoms with Crippen LogP contribution in [-0.4, -0.2) is 16.5 Å². The van der Waals surface area contributed by atoms with Crippen molar-refractivity contribution in [1.29, 1.82) is 0 Å². The number of nitrogens with zero attached hydrogens (tertiary/aromatic N) is 1. The van der Waals surface area contributed by atoms with E-state index in [1.165, 1.54) is 22.2 Å². The number of aromatic nitrogens is 2. The molecule has 0 saturated carbocycles. The summed E-state index contributed by atoms with van der Waals surface area (Å²) < 4.78 is 0. The highest BCUT2D eigenvalue weighted by molar-refractivity contribution is 5.90. The highest BCUT2D eigenvalue weighted by atomic mass is 14.7. The van der Waals surface area contributed by atoms with Gasteiger partial charge in [0, 0.05) is 28.9 Å². The second kappa shape index (κ2) is 5.24. The summed E-state index contributed by atoms with van der Waals surface area (Å²) in [5.74, 6) is 0. The third kappa shape index (κ3) is 2.25. The van der Waals surface area contributed by atoms with E-state index in [-0.39, 0.29) is 0 Å². The monoisotopic (exact) mass is 251 g/mol. The van der Waals surface area contributed by atoms with Gasteiger partial charge < -0.3 is 10.7 Å². The first-order valence-corrected chi connectivity index (χ1v) is 6.60. The maximum absolute atomic E-state index is 5.66. The number of nitrogens with two attached hydrogens (primary N) is 1. The topological polar surface area (TPSA) is 54.7 Å². The molecule has 0 aliphatic carbocycles. The Morgan fingerprint density at radius 3 is 2.79 bits per heavy atom. The molecule has 96 valence electrons. The number of para-hydroxylation sites is 1. The van der Waals surface area contributed by atoms with Crippen molar-refractivity contribution in [1.82, 2.24) is 9.97 Å². The lowest BCUT2D eigenvalue weighted by Crippen LogP contribution is -2.00. The van der Waals surface area contributed by atoms with Gasteiger partial charge in [-0.1, -0.05) is 18.2 Å². The molecular weight excluding hydrogens is 234 g/mol. The van der Waals surface area contributed by atoms with Crippen LogP contribution in [0.2, 0.25) is 0 Å². The Bertz CT molecular complexity index is 671. The van der Waals surface area contributed by atoms with Gasteiger partial charge in [-0.05, 0) is 43.1 Å². The first-order chi connectivity index (χ1) is 9.40. The number of aryl methyl sites for hydroxylation is 1. The predicted octanol–water partition coefficient (Wildman–Crippen LogP) is 3.12. The standard InChI is InChI=1S/C16H17N3/c17-9-3-7-14-13-6-1-2-8-15(13)19-16(14)12-5-4-10-18-11-12/h1-2,4-6,8,10-11,19H,3,7,9,17H2. The highest BCUT2D eigenvalue weighted by Gasteiger charge is 2.12. The quantitative estimate of drug-likeness (QED) is 0.748. The maximum atomic E-state index is 5.66. The molecule has 3 rings (SSSR count). The fourth-order valence-corrected chi connectivity index (χ4v) is 2.50. The number of H-pyrrole nitrogens is 1. The van der Waals surface area contributed by atoms with Gasteiger partial charge >= 0.3 is 0 Å². The summed E-state index contributed by atoms with van der Waals surface area (Å²) in [6, 6.07) is 12.5. The fraction of sp³-hybridized carbons (Fsp3) is 0.188. The van der Waals surface area contributed by atoms with Crippen LogP contribution in [-0.2, 0) is 6.42 Å². The van der Waals surface area contributed by atoms with Crippen LogP contribution in [0.25, 0.3) is 22.2 Å². The van der Waals surface area contributed by atoms with E-state index < -0.39 is 0 Å². The van der Waals surface area contributed by atoms with Crippen LogP contribution >= 0.6 is 0 Å². The van der Waals surface area contributed by atoms with E-state index in [0.717, 1.165) is 18.4 Å². The zero-order chi connectivity index (χ0) is 13.1. The average molecular weight is 251 g/mol. The second-order valence-electron chi connectivity index (χ2n) is 4.66. The second-order valence-corrected chi connectivity index (χ2v) is 4.66. The Balaban J connectivity index is 2.17. The fourth-order valence-electron chi connectivity index (χ4n) is 2.50. The summed E-state index contributed by atoms with van der Waals surface area (Å²) in [5.41, 5.74) is 10.5. The van der Waals surface area contributed by atoms with Crippen molar-refractivity contribution < 1.29 is 0 Å². The number of fused-ring (bicyclic) bond motifs is 1. The Hall–Kier alpha value is -2.13. The number of pyridine rings is 1. The predicted molar refractivity (Wildman–Crippen MR) is 78.9 cm³/mol. The molecule has 0 atom stereocenters. The summed E-state index contributed by atoms with van der Waals surface area (Å²) in [7, 11) is 0. The van der Waals surface area contributed by atoms with Crippen molar-refractivity contribution in [3.8, 4) is 11.3 Å². The number of benzene rings is 1. The van der Waals surface area contributed by atoms with Crippen LogP contribution < -0.4 is 5.73 Å². The molecule has 2 heterocycles. The van der Waals surface area contributed by atoms with Gasteiger partial charge in [0.2, 0.25) is 0 Å². The summed E-state index contributed by atoms with van der Waals surface area (Å²) in [6.45, 7) is 0.714. The molecule has 0 fully saturated rings. The lowest BCUT2D eigenvalue weighted by atomic mass is 10.0. The Morgan fingerprint density at radius 2 is 2.00 bits per heavy atom. The molecule has 3 nitrogen and oxygen atoms in total. The molecule has 2 aromatic heterocycles. The van der Waals surface area contributed by atoms with Crippen molar-refractivity contribution in [3.05, 3.63) is 54.4 Å². The van der Waals surface area contributed by atoms with Gasteiger partial charge in [0.25, 0.3) is 0 Å². The van der Waals surface area contributed by atoms with Gasteiger partial charge in [-0.3, -0.25) is 4.98 Å². The molecule has 0 saturated heterocycles. The zero-order valence-corrected chi connectivity index (χ0v) is 10.8. The van der Waals surface area contributed by atoms with Crippen molar-refractivity contribution in [3.63, 3.8) is 0 Å². The molecule has 19 heavy (non-hydrogen) atoms. The van der Waals surface area contributed by atoms with Gasteiger partial charge in [0.15, 0.2) is 0 Å². The van der Waals surface area contributed by atoms with Crippen molar-refractivity contribution in [2.45, 2.75) is 12.8 Å². The molecule has 0 amide bonds. The largest absolute Gasteiger partial charge is 0.354 e. The smallest absolute Gasteiger partial charge is 0.0512 e. The molecule has 0 unspecified atom stereocenters. The van der Waals surface area contributed by atoms with E-state index >= 15 is 0 Å². The summed E-state index contributed by atoms with van der Waals surface area (Å²) >= 11 is 0. The minimum absolute atomic E-state index is 0.714. The van der Waals surface area contributed by atoms with Crippen LogP contribution in [0.15, 0.2) is 48.8 Å². The van der Waals surface area contributed by atoms with E-state index in [9.17, 15) is 0 Å². The number of nitrogens with one attached hydrogen (secondary N) is 1. The number of hydrogen-bond donors (Lipinski definition) is 2. The first kappa shape index (κ1) is 11.9. The molecule has 3 aromatic rings. The Kier molecular flexibility index (Phi) is 3.29. The van der Waals surface area contributed by atoms with Gasteiger partial charge in [0.05, 0.1) is 5.69 Å². The first-order valence-electron chi connectivity index (χ1n) is 6.60. The number of aromatic amines is 1. The van der Waals surface area contributed by atoms with Gasteiger partial charge in [-0.15, -0.1) is 0 Å². The molecule has 3 N–H and O–H groups in total. The van der Waals surface area contributed by atoms with Crippen LogP contribution in [0, 0.1) is 0 Å². The molecule has 0 aliphatic heterocycles. The third-order valence-electron chi connectivity index (χ3n) is 3.39. The molecule has 0 spiro atoms. The van der Waals surface area contributed by atoms with Gasteiger partial charge in [-0.2, -0.15) is 0 Å². The van der Waals surface area contributed by atoms with Crippen LogP contribution in [0.5, 0.6) is 0 Å².